The zero-order valence-corrected chi connectivity index (χ0v) is 15.1. The molecule has 0 unspecified atom stereocenters. The summed E-state index contributed by atoms with van der Waals surface area (Å²) in [4.78, 5) is 35.8. The lowest BCUT2D eigenvalue weighted by Crippen LogP contribution is -2.35. The van der Waals surface area contributed by atoms with Crippen molar-refractivity contribution >= 4 is 34.2 Å². The van der Waals surface area contributed by atoms with Gasteiger partial charge in [0, 0.05) is 11.8 Å². The number of ether oxygens (including phenoxy) is 1. The molecule has 0 spiro atoms. The normalized spacial score (nSPS) is 10.4. The third-order valence-corrected chi connectivity index (χ3v) is 3.99. The van der Waals surface area contributed by atoms with E-state index in [1.807, 2.05) is 18.2 Å². The molecule has 0 heterocycles. The second-order valence-electron chi connectivity index (χ2n) is 6.06. The van der Waals surface area contributed by atoms with Gasteiger partial charge in [0.05, 0.1) is 12.1 Å². The summed E-state index contributed by atoms with van der Waals surface area (Å²) in [6.07, 6.45) is 0. The molecule has 0 aliphatic rings. The Hall–Kier alpha value is -3.81. The van der Waals surface area contributed by atoms with Crippen LogP contribution in [-0.2, 0) is 14.3 Å². The summed E-state index contributed by atoms with van der Waals surface area (Å²) in [5.41, 5.74) is 0.373. The van der Waals surface area contributed by atoms with Gasteiger partial charge in [-0.1, -0.05) is 36.4 Å². The lowest BCUT2D eigenvalue weighted by atomic mass is 10.1. The predicted octanol–water partition coefficient (Wildman–Crippen LogP) is 3.03. The summed E-state index contributed by atoms with van der Waals surface area (Å²) in [6.45, 7) is -0.996. The number of esters is 1. The number of fused-ring (bicyclic) bond motifs is 1. The van der Waals surface area contributed by atoms with Gasteiger partial charge in [0.25, 0.3) is 5.91 Å². The van der Waals surface area contributed by atoms with Crippen LogP contribution in [0.1, 0.15) is 10.4 Å². The fourth-order valence-electron chi connectivity index (χ4n) is 2.62. The third-order valence-electron chi connectivity index (χ3n) is 3.99. The molecule has 0 saturated heterocycles. The molecule has 0 aliphatic heterocycles. The van der Waals surface area contributed by atoms with Crippen LogP contribution >= 0.6 is 0 Å². The number of carbonyl (C=O) groups excluding carboxylic acids is 3. The SMILES string of the molecule is O=C(COC(=O)c1cccc2ccccc12)NCC(=O)Nc1ccc(F)c(F)c1. The quantitative estimate of drug-likeness (QED) is 0.625. The summed E-state index contributed by atoms with van der Waals surface area (Å²) in [7, 11) is 0. The van der Waals surface area contributed by atoms with Crippen molar-refractivity contribution < 1.29 is 27.9 Å². The summed E-state index contributed by atoms with van der Waals surface area (Å²) in [6, 6.07) is 15.3. The fraction of sp³-hybridized carbons (Fsp3) is 0.0952. The van der Waals surface area contributed by atoms with Gasteiger partial charge in [0.2, 0.25) is 5.91 Å². The van der Waals surface area contributed by atoms with E-state index in [9.17, 15) is 23.2 Å². The fourth-order valence-corrected chi connectivity index (χ4v) is 2.62. The van der Waals surface area contributed by atoms with Crippen LogP contribution in [0.15, 0.2) is 60.7 Å². The summed E-state index contributed by atoms with van der Waals surface area (Å²) in [5, 5.41) is 6.15. The minimum Gasteiger partial charge on any atom is -0.452 e. The van der Waals surface area contributed by atoms with Crippen LogP contribution in [0.2, 0.25) is 0 Å². The van der Waals surface area contributed by atoms with Crippen LogP contribution in [0.5, 0.6) is 0 Å². The van der Waals surface area contributed by atoms with Gasteiger partial charge in [-0.2, -0.15) is 0 Å². The maximum atomic E-state index is 13.1. The van der Waals surface area contributed by atoms with Crippen LogP contribution in [0.3, 0.4) is 0 Å². The Morgan fingerprint density at radius 3 is 2.41 bits per heavy atom. The van der Waals surface area contributed by atoms with Crippen molar-refractivity contribution in [3.05, 3.63) is 77.9 Å². The van der Waals surface area contributed by atoms with Crippen molar-refractivity contribution in [2.24, 2.45) is 0 Å². The van der Waals surface area contributed by atoms with E-state index in [1.54, 1.807) is 24.3 Å². The molecule has 6 nitrogen and oxygen atoms in total. The van der Waals surface area contributed by atoms with E-state index in [1.165, 1.54) is 6.07 Å². The maximum Gasteiger partial charge on any atom is 0.339 e. The first kappa shape index (κ1) is 19.9. The second-order valence-corrected chi connectivity index (χ2v) is 6.06. The highest BCUT2D eigenvalue weighted by atomic mass is 19.2. The van der Waals surface area contributed by atoms with Gasteiger partial charge in [-0.15, -0.1) is 0 Å². The first-order chi connectivity index (χ1) is 13.9. The van der Waals surface area contributed by atoms with Crippen molar-refractivity contribution in [2.45, 2.75) is 0 Å². The molecule has 0 bridgehead atoms. The average molecular weight is 398 g/mol. The zero-order valence-electron chi connectivity index (χ0n) is 15.1. The van der Waals surface area contributed by atoms with E-state index >= 15 is 0 Å². The van der Waals surface area contributed by atoms with Gasteiger partial charge in [-0.05, 0) is 29.0 Å². The largest absolute Gasteiger partial charge is 0.452 e. The van der Waals surface area contributed by atoms with E-state index in [-0.39, 0.29) is 5.69 Å². The van der Waals surface area contributed by atoms with Gasteiger partial charge >= 0.3 is 5.97 Å². The molecule has 29 heavy (non-hydrogen) atoms. The number of amides is 2. The number of rotatable bonds is 6. The third kappa shape index (κ3) is 5.13. The number of carbonyl (C=O) groups is 3. The van der Waals surface area contributed by atoms with E-state index in [4.69, 9.17) is 4.74 Å². The highest BCUT2D eigenvalue weighted by Crippen LogP contribution is 2.19. The Kier molecular flexibility index (Phi) is 6.13. The molecule has 0 aromatic heterocycles. The van der Waals surface area contributed by atoms with E-state index in [2.05, 4.69) is 10.6 Å². The Balaban J connectivity index is 1.48. The van der Waals surface area contributed by atoms with Crippen LogP contribution in [0.25, 0.3) is 10.8 Å². The second kappa shape index (κ2) is 8.92. The van der Waals surface area contributed by atoms with Crippen molar-refractivity contribution in [1.29, 1.82) is 0 Å². The standard InChI is InChI=1S/C21H16F2N2O4/c22-17-9-8-14(10-18(17)23)25-19(26)11-24-20(27)12-29-21(28)16-7-3-5-13-4-1-2-6-15(13)16/h1-10H,11-12H2,(H,24,27)(H,25,26). The van der Waals surface area contributed by atoms with Crippen molar-refractivity contribution in [3.8, 4) is 0 Å². The summed E-state index contributed by atoms with van der Waals surface area (Å²) < 4.78 is 31.0. The van der Waals surface area contributed by atoms with Gasteiger partial charge in [-0.3, -0.25) is 9.59 Å². The maximum absolute atomic E-state index is 13.1. The van der Waals surface area contributed by atoms with Crippen LogP contribution in [0, 0.1) is 11.6 Å². The molecule has 0 fully saturated rings. The Labute approximate surface area is 164 Å². The molecule has 0 saturated carbocycles. The van der Waals surface area contributed by atoms with Crippen molar-refractivity contribution in [3.63, 3.8) is 0 Å². The summed E-state index contributed by atoms with van der Waals surface area (Å²) >= 11 is 0. The number of hydrogen-bond donors (Lipinski definition) is 2. The lowest BCUT2D eigenvalue weighted by Gasteiger charge is -2.09. The predicted molar refractivity (Wildman–Crippen MR) is 102 cm³/mol. The zero-order chi connectivity index (χ0) is 20.8. The topological polar surface area (TPSA) is 84.5 Å². The molecule has 0 atom stereocenters. The van der Waals surface area contributed by atoms with E-state index in [0.29, 0.717) is 10.9 Å². The highest BCUT2D eigenvalue weighted by Gasteiger charge is 2.14. The molecule has 0 aliphatic carbocycles. The molecule has 3 rings (SSSR count). The molecule has 2 N–H and O–H groups in total. The number of hydrogen-bond acceptors (Lipinski definition) is 4. The lowest BCUT2D eigenvalue weighted by molar-refractivity contribution is -0.126. The van der Waals surface area contributed by atoms with Gasteiger partial charge in [0.15, 0.2) is 18.2 Å². The first-order valence-electron chi connectivity index (χ1n) is 8.60. The Morgan fingerprint density at radius 2 is 1.62 bits per heavy atom. The van der Waals surface area contributed by atoms with Gasteiger partial charge in [0.1, 0.15) is 0 Å². The average Bonchev–Trinajstić information content (AvgIpc) is 2.72. The Bertz CT molecular complexity index is 1080. The highest BCUT2D eigenvalue weighted by molar-refractivity contribution is 6.05. The molecule has 0 radical (unpaired) electrons. The van der Waals surface area contributed by atoms with Crippen LogP contribution in [-0.4, -0.2) is 30.9 Å². The number of benzene rings is 3. The molecule has 148 valence electrons. The van der Waals surface area contributed by atoms with Crippen LogP contribution in [0.4, 0.5) is 14.5 Å². The molecule has 2 amide bonds. The number of anilines is 1. The van der Waals surface area contributed by atoms with Crippen molar-refractivity contribution in [2.75, 3.05) is 18.5 Å². The van der Waals surface area contributed by atoms with E-state index < -0.39 is 42.6 Å². The van der Waals surface area contributed by atoms with Gasteiger partial charge in [-0.25, -0.2) is 13.6 Å². The Morgan fingerprint density at radius 1 is 0.862 bits per heavy atom. The van der Waals surface area contributed by atoms with Crippen LogP contribution < -0.4 is 10.6 Å². The van der Waals surface area contributed by atoms with E-state index in [0.717, 1.165) is 17.5 Å². The molecular formula is C21H16F2N2O4. The first-order valence-corrected chi connectivity index (χ1v) is 8.60. The monoisotopic (exact) mass is 398 g/mol. The number of halogens is 2. The minimum atomic E-state index is -1.10. The molecule has 3 aromatic rings. The van der Waals surface area contributed by atoms with Gasteiger partial charge < -0.3 is 15.4 Å². The smallest absolute Gasteiger partial charge is 0.339 e. The molecule has 3 aromatic carbocycles. The minimum absolute atomic E-state index is 0.0468. The summed E-state index contributed by atoms with van der Waals surface area (Å²) in [5.74, 6) is -4.14. The number of nitrogens with one attached hydrogen (secondary N) is 2. The molecule has 8 heteroatoms. The van der Waals surface area contributed by atoms with Crippen molar-refractivity contribution in [1.82, 2.24) is 5.32 Å². The molecular weight excluding hydrogens is 382 g/mol.